The highest BCUT2D eigenvalue weighted by Gasteiger charge is 2.21. The Morgan fingerprint density at radius 2 is 1.95 bits per heavy atom. The Bertz CT molecular complexity index is 763. The van der Waals surface area contributed by atoms with Gasteiger partial charge in [-0.1, -0.05) is 22.0 Å². The predicted molar refractivity (Wildman–Crippen MR) is 80.5 cm³/mol. The molecule has 3 N–H and O–H groups in total. The molecule has 106 valence electrons. The molecule has 0 aromatic heterocycles. The Morgan fingerprint density at radius 3 is 2.60 bits per heavy atom. The number of halogens is 2. The Kier molecular flexibility index (Phi) is 4.01. The van der Waals surface area contributed by atoms with Gasteiger partial charge in [-0.05, 0) is 42.8 Å². The number of aryl methyl sites for hydroxylation is 1. The summed E-state index contributed by atoms with van der Waals surface area (Å²) < 4.78 is 41.4. The van der Waals surface area contributed by atoms with E-state index in [0.717, 1.165) is 6.07 Å². The van der Waals surface area contributed by atoms with E-state index in [1.54, 1.807) is 24.3 Å². The van der Waals surface area contributed by atoms with Crippen molar-refractivity contribution in [3.8, 4) is 0 Å². The Morgan fingerprint density at radius 1 is 1.25 bits per heavy atom. The van der Waals surface area contributed by atoms with Crippen LogP contribution in [0.25, 0.3) is 0 Å². The predicted octanol–water partition coefficient (Wildman–Crippen LogP) is 3.28. The number of hydrogen-bond acceptors (Lipinski definition) is 3. The van der Waals surface area contributed by atoms with Crippen molar-refractivity contribution >= 4 is 37.3 Å². The monoisotopic (exact) mass is 358 g/mol. The van der Waals surface area contributed by atoms with Gasteiger partial charge in [-0.15, -0.1) is 0 Å². The number of nitrogens with two attached hydrogens (primary N) is 1. The van der Waals surface area contributed by atoms with Crippen molar-refractivity contribution < 1.29 is 12.8 Å². The average Bonchev–Trinajstić information content (AvgIpc) is 2.33. The standard InChI is InChI=1S/C13H12BrFN2O2S/c1-8-5-10(16)7-12(13(8)15)20(18,19)17-11-4-2-3-9(14)6-11/h2-7,17H,16H2,1H3. The van der Waals surface area contributed by atoms with E-state index in [9.17, 15) is 12.8 Å². The third-order valence-electron chi connectivity index (χ3n) is 2.61. The highest BCUT2D eigenvalue weighted by atomic mass is 79.9. The summed E-state index contributed by atoms with van der Waals surface area (Å²) in [6.07, 6.45) is 0. The van der Waals surface area contributed by atoms with Crippen LogP contribution in [0.4, 0.5) is 15.8 Å². The number of nitrogens with one attached hydrogen (secondary N) is 1. The van der Waals surface area contributed by atoms with Crippen LogP contribution in [0.2, 0.25) is 0 Å². The number of rotatable bonds is 3. The van der Waals surface area contributed by atoms with Crippen LogP contribution < -0.4 is 10.5 Å². The lowest BCUT2D eigenvalue weighted by Gasteiger charge is -2.11. The summed E-state index contributed by atoms with van der Waals surface area (Å²) in [6.45, 7) is 1.46. The topological polar surface area (TPSA) is 72.2 Å². The molecule has 0 aliphatic heterocycles. The van der Waals surface area contributed by atoms with Gasteiger partial charge in [0.15, 0.2) is 0 Å². The largest absolute Gasteiger partial charge is 0.399 e. The highest BCUT2D eigenvalue weighted by molar-refractivity contribution is 9.10. The number of sulfonamides is 1. The molecule has 0 heterocycles. The maximum absolute atomic E-state index is 14.0. The minimum atomic E-state index is -4.03. The van der Waals surface area contributed by atoms with Gasteiger partial charge >= 0.3 is 0 Å². The van der Waals surface area contributed by atoms with Crippen LogP contribution in [0.3, 0.4) is 0 Å². The summed E-state index contributed by atoms with van der Waals surface area (Å²) in [5.41, 5.74) is 6.28. The summed E-state index contributed by atoms with van der Waals surface area (Å²) in [6, 6.07) is 9.05. The molecule has 0 radical (unpaired) electrons. The van der Waals surface area contributed by atoms with E-state index in [1.165, 1.54) is 13.0 Å². The molecule has 0 saturated carbocycles. The summed E-state index contributed by atoms with van der Waals surface area (Å²) in [7, 11) is -4.03. The fourth-order valence-electron chi connectivity index (χ4n) is 1.72. The normalized spacial score (nSPS) is 11.3. The molecule has 20 heavy (non-hydrogen) atoms. The molecule has 0 spiro atoms. The lowest BCUT2D eigenvalue weighted by atomic mass is 10.2. The van der Waals surface area contributed by atoms with Gasteiger partial charge in [-0.25, -0.2) is 12.8 Å². The van der Waals surface area contributed by atoms with E-state index in [0.29, 0.717) is 10.2 Å². The Hall–Kier alpha value is -1.60. The van der Waals surface area contributed by atoms with Gasteiger partial charge in [-0.2, -0.15) is 0 Å². The second kappa shape index (κ2) is 5.41. The maximum Gasteiger partial charge on any atom is 0.264 e. The molecule has 0 amide bonds. The number of anilines is 2. The molecular formula is C13H12BrFN2O2S. The van der Waals surface area contributed by atoms with Crippen LogP contribution >= 0.6 is 15.9 Å². The van der Waals surface area contributed by atoms with Gasteiger partial charge in [0, 0.05) is 15.8 Å². The van der Waals surface area contributed by atoms with Crippen LogP contribution in [-0.4, -0.2) is 8.42 Å². The molecule has 2 aromatic carbocycles. The van der Waals surface area contributed by atoms with Crippen LogP contribution in [0.1, 0.15) is 5.56 Å². The van der Waals surface area contributed by atoms with Crippen molar-refractivity contribution in [2.45, 2.75) is 11.8 Å². The minimum absolute atomic E-state index is 0.180. The van der Waals surface area contributed by atoms with Crippen LogP contribution in [0, 0.1) is 12.7 Å². The lowest BCUT2D eigenvalue weighted by Crippen LogP contribution is -2.15. The molecule has 0 fully saturated rings. The SMILES string of the molecule is Cc1cc(N)cc(S(=O)(=O)Nc2cccc(Br)c2)c1F. The van der Waals surface area contributed by atoms with Gasteiger partial charge in [0.05, 0.1) is 0 Å². The van der Waals surface area contributed by atoms with Crippen molar-refractivity contribution in [1.82, 2.24) is 0 Å². The maximum atomic E-state index is 14.0. The van der Waals surface area contributed by atoms with Crippen LogP contribution in [-0.2, 0) is 10.0 Å². The molecule has 2 aromatic rings. The molecule has 7 heteroatoms. The summed E-state index contributed by atoms with van der Waals surface area (Å²) in [5, 5.41) is 0. The summed E-state index contributed by atoms with van der Waals surface area (Å²) in [5.74, 6) is -0.804. The van der Waals surface area contributed by atoms with Crippen molar-refractivity contribution in [3.05, 3.63) is 52.3 Å². The molecule has 0 unspecified atom stereocenters. The first-order chi connectivity index (χ1) is 9.29. The Balaban J connectivity index is 2.46. The zero-order valence-corrected chi connectivity index (χ0v) is 12.9. The molecule has 0 atom stereocenters. The molecule has 4 nitrogen and oxygen atoms in total. The van der Waals surface area contributed by atoms with E-state index in [4.69, 9.17) is 5.73 Å². The van der Waals surface area contributed by atoms with Crippen molar-refractivity contribution in [3.63, 3.8) is 0 Å². The van der Waals surface area contributed by atoms with Gasteiger partial charge in [-0.3, -0.25) is 4.72 Å². The first kappa shape index (κ1) is 14.8. The van der Waals surface area contributed by atoms with Gasteiger partial charge < -0.3 is 5.73 Å². The fourth-order valence-corrected chi connectivity index (χ4v) is 3.36. The van der Waals surface area contributed by atoms with Crippen molar-refractivity contribution in [2.24, 2.45) is 0 Å². The van der Waals surface area contributed by atoms with E-state index in [2.05, 4.69) is 20.7 Å². The molecule has 2 rings (SSSR count). The third kappa shape index (κ3) is 3.10. The van der Waals surface area contributed by atoms with Crippen molar-refractivity contribution in [2.75, 3.05) is 10.5 Å². The fraction of sp³-hybridized carbons (Fsp3) is 0.0769. The van der Waals surface area contributed by atoms with Gasteiger partial charge in [0.1, 0.15) is 10.7 Å². The number of benzene rings is 2. The smallest absolute Gasteiger partial charge is 0.264 e. The Labute approximate surface area is 125 Å². The second-order valence-electron chi connectivity index (χ2n) is 4.27. The van der Waals surface area contributed by atoms with E-state index in [1.807, 2.05) is 0 Å². The van der Waals surface area contributed by atoms with Gasteiger partial charge in [0.25, 0.3) is 10.0 Å². The molecule has 0 aliphatic carbocycles. The number of nitrogen functional groups attached to an aromatic ring is 1. The molecular weight excluding hydrogens is 347 g/mol. The summed E-state index contributed by atoms with van der Waals surface area (Å²) in [4.78, 5) is -0.463. The van der Waals surface area contributed by atoms with E-state index in [-0.39, 0.29) is 11.3 Å². The van der Waals surface area contributed by atoms with Crippen molar-refractivity contribution in [1.29, 1.82) is 0 Å². The second-order valence-corrected chi connectivity index (χ2v) is 6.83. The third-order valence-corrected chi connectivity index (χ3v) is 4.48. The average molecular weight is 359 g/mol. The molecule has 0 saturated heterocycles. The first-order valence-corrected chi connectivity index (χ1v) is 7.91. The highest BCUT2D eigenvalue weighted by Crippen LogP contribution is 2.25. The first-order valence-electron chi connectivity index (χ1n) is 5.63. The molecule has 0 aliphatic rings. The quantitative estimate of drug-likeness (QED) is 0.827. The minimum Gasteiger partial charge on any atom is -0.399 e. The molecule has 0 bridgehead atoms. The lowest BCUT2D eigenvalue weighted by molar-refractivity contribution is 0.565. The van der Waals surface area contributed by atoms with Gasteiger partial charge in [0.2, 0.25) is 0 Å². The zero-order valence-electron chi connectivity index (χ0n) is 10.5. The summed E-state index contributed by atoms with van der Waals surface area (Å²) >= 11 is 3.23. The number of hydrogen-bond donors (Lipinski definition) is 2. The van der Waals surface area contributed by atoms with Crippen LogP contribution in [0.15, 0.2) is 45.8 Å². The van der Waals surface area contributed by atoms with E-state index < -0.39 is 20.7 Å². The van der Waals surface area contributed by atoms with Crippen LogP contribution in [0.5, 0.6) is 0 Å². The van der Waals surface area contributed by atoms with E-state index >= 15 is 0 Å². The zero-order chi connectivity index (χ0) is 14.9.